The molecule has 1 heterocycles. The minimum atomic E-state index is 0.0386. The number of hydrogen-bond donors (Lipinski definition) is 1. The van der Waals surface area contributed by atoms with Crippen LogP contribution in [0.5, 0.6) is 0 Å². The monoisotopic (exact) mass is 233 g/mol. The summed E-state index contributed by atoms with van der Waals surface area (Å²) in [7, 11) is 0. The zero-order chi connectivity index (χ0) is 12.6. The van der Waals surface area contributed by atoms with Crippen LogP contribution in [0.2, 0.25) is 0 Å². The molecule has 0 aliphatic heterocycles. The highest BCUT2D eigenvalue weighted by Crippen LogP contribution is 2.34. The molecule has 1 aliphatic rings. The Morgan fingerprint density at radius 3 is 2.65 bits per heavy atom. The second kappa shape index (κ2) is 4.35. The van der Waals surface area contributed by atoms with E-state index in [9.17, 15) is 4.79 Å². The van der Waals surface area contributed by atoms with Gasteiger partial charge in [-0.25, -0.2) is 0 Å². The number of rotatable bonds is 4. The third kappa shape index (κ3) is 2.40. The lowest BCUT2D eigenvalue weighted by Gasteiger charge is -2.11. The highest BCUT2D eigenvalue weighted by atomic mass is 16.1. The van der Waals surface area contributed by atoms with E-state index in [4.69, 9.17) is 5.73 Å². The maximum absolute atomic E-state index is 11.6. The molecular weight excluding hydrogens is 214 g/mol. The molecule has 0 amide bonds. The number of allylic oxidation sites excluding steroid dienone is 1. The van der Waals surface area contributed by atoms with Crippen molar-refractivity contribution in [2.24, 2.45) is 11.7 Å². The summed E-state index contributed by atoms with van der Waals surface area (Å²) in [5.74, 6) is 0.174. The van der Waals surface area contributed by atoms with E-state index in [1.54, 1.807) is 13.1 Å². The van der Waals surface area contributed by atoms with Gasteiger partial charge in [0.25, 0.3) is 0 Å². The second-order valence-electron chi connectivity index (χ2n) is 4.98. The van der Waals surface area contributed by atoms with Crippen molar-refractivity contribution in [2.45, 2.75) is 39.7 Å². The van der Waals surface area contributed by atoms with Gasteiger partial charge in [0.05, 0.1) is 12.2 Å². The van der Waals surface area contributed by atoms with Gasteiger partial charge in [-0.3, -0.25) is 9.48 Å². The standard InChI is InChI=1S/C13H19N3O/c1-8(2)12(9(3)17)13(14)10-6-15-16(7-10)11-4-5-11/h6-8,11H,4-5,14H2,1-3H3/b13-12-. The predicted octanol–water partition coefficient (Wildman–Crippen LogP) is 2.13. The molecule has 0 spiro atoms. The van der Waals surface area contributed by atoms with E-state index < -0.39 is 0 Å². The smallest absolute Gasteiger partial charge is 0.158 e. The molecule has 2 N–H and O–H groups in total. The molecule has 17 heavy (non-hydrogen) atoms. The minimum absolute atomic E-state index is 0.0386. The van der Waals surface area contributed by atoms with Crippen molar-refractivity contribution in [1.82, 2.24) is 9.78 Å². The van der Waals surface area contributed by atoms with Gasteiger partial charge < -0.3 is 5.73 Å². The maximum atomic E-state index is 11.6. The number of Topliss-reactive ketones (excluding diaryl/α,β-unsaturated/α-hetero) is 1. The summed E-state index contributed by atoms with van der Waals surface area (Å²) in [4.78, 5) is 11.6. The fourth-order valence-electron chi connectivity index (χ4n) is 2.08. The van der Waals surface area contributed by atoms with Gasteiger partial charge >= 0.3 is 0 Å². The molecule has 0 radical (unpaired) electrons. The fourth-order valence-corrected chi connectivity index (χ4v) is 2.08. The van der Waals surface area contributed by atoms with Crippen molar-refractivity contribution < 1.29 is 4.79 Å². The summed E-state index contributed by atoms with van der Waals surface area (Å²) >= 11 is 0. The number of nitrogens with two attached hydrogens (primary N) is 1. The van der Waals surface area contributed by atoms with Gasteiger partial charge in [-0.2, -0.15) is 5.10 Å². The number of carbonyl (C=O) groups is 1. The van der Waals surface area contributed by atoms with Crippen LogP contribution in [0.25, 0.3) is 5.70 Å². The Bertz CT molecular complexity index is 467. The molecule has 0 atom stereocenters. The summed E-state index contributed by atoms with van der Waals surface area (Å²) in [6.07, 6.45) is 6.07. The number of hydrogen-bond acceptors (Lipinski definition) is 3. The van der Waals surface area contributed by atoms with Gasteiger partial charge in [0, 0.05) is 23.0 Å². The normalized spacial score (nSPS) is 17.2. The Kier molecular flexibility index (Phi) is 3.05. The van der Waals surface area contributed by atoms with Crippen LogP contribution >= 0.6 is 0 Å². The SMILES string of the molecule is CC(=O)/C(=C(\N)c1cnn(C2CC2)c1)C(C)C. The Morgan fingerprint density at radius 1 is 1.53 bits per heavy atom. The zero-order valence-electron chi connectivity index (χ0n) is 10.6. The average Bonchev–Trinajstić information content (AvgIpc) is 2.95. The summed E-state index contributed by atoms with van der Waals surface area (Å²) in [5, 5.41) is 4.29. The minimum Gasteiger partial charge on any atom is -0.398 e. The van der Waals surface area contributed by atoms with Crippen molar-refractivity contribution in [3.05, 3.63) is 23.5 Å². The topological polar surface area (TPSA) is 60.9 Å². The number of aromatic nitrogens is 2. The third-order valence-electron chi connectivity index (χ3n) is 3.08. The largest absolute Gasteiger partial charge is 0.398 e. The predicted molar refractivity (Wildman–Crippen MR) is 67.1 cm³/mol. The van der Waals surface area contributed by atoms with Crippen LogP contribution in [0.15, 0.2) is 18.0 Å². The van der Waals surface area contributed by atoms with Crippen LogP contribution in [0.3, 0.4) is 0 Å². The molecule has 1 saturated carbocycles. The molecule has 0 saturated heterocycles. The Labute approximate surface area is 101 Å². The fraction of sp³-hybridized carbons (Fsp3) is 0.538. The van der Waals surface area contributed by atoms with E-state index in [1.807, 2.05) is 24.7 Å². The number of carbonyl (C=O) groups excluding carboxylic acids is 1. The second-order valence-corrected chi connectivity index (χ2v) is 4.98. The summed E-state index contributed by atoms with van der Waals surface area (Å²) in [5.41, 5.74) is 8.20. The zero-order valence-corrected chi connectivity index (χ0v) is 10.6. The molecule has 2 rings (SSSR count). The average molecular weight is 233 g/mol. The third-order valence-corrected chi connectivity index (χ3v) is 3.08. The Hall–Kier alpha value is -1.58. The van der Waals surface area contributed by atoms with Crippen LogP contribution in [0.4, 0.5) is 0 Å². The molecule has 1 fully saturated rings. The van der Waals surface area contributed by atoms with Crippen LogP contribution in [0, 0.1) is 5.92 Å². The van der Waals surface area contributed by atoms with E-state index in [2.05, 4.69) is 5.10 Å². The van der Waals surface area contributed by atoms with Crippen molar-refractivity contribution in [3.63, 3.8) is 0 Å². The van der Waals surface area contributed by atoms with E-state index in [0.29, 0.717) is 17.3 Å². The molecule has 4 heteroatoms. The van der Waals surface area contributed by atoms with Gasteiger partial charge in [-0.1, -0.05) is 13.8 Å². The molecule has 0 aromatic carbocycles. The number of ketones is 1. The molecule has 92 valence electrons. The molecule has 4 nitrogen and oxygen atoms in total. The quantitative estimate of drug-likeness (QED) is 0.810. The lowest BCUT2D eigenvalue weighted by Crippen LogP contribution is -2.12. The lowest BCUT2D eigenvalue weighted by molar-refractivity contribution is -0.113. The van der Waals surface area contributed by atoms with Crippen molar-refractivity contribution in [3.8, 4) is 0 Å². The summed E-state index contributed by atoms with van der Waals surface area (Å²) in [6.45, 7) is 5.53. The molecule has 0 unspecified atom stereocenters. The highest BCUT2D eigenvalue weighted by molar-refractivity contribution is 6.00. The number of nitrogens with zero attached hydrogens (tertiary/aromatic N) is 2. The van der Waals surface area contributed by atoms with Crippen molar-refractivity contribution in [1.29, 1.82) is 0 Å². The maximum Gasteiger partial charge on any atom is 0.158 e. The first-order valence-corrected chi connectivity index (χ1v) is 6.05. The van der Waals surface area contributed by atoms with Crippen molar-refractivity contribution >= 4 is 11.5 Å². The molecule has 1 aromatic rings. The van der Waals surface area contributed by atoms with Gasteiger partial charge in [0.15, 0.2) is 5.78 Å². The van der Waals surface area contributed by atoms with Crippen LogP contribution in [-0.2, 0) is 4.79 Å². The van der Waals surface area contributed by atoms with Crippen LogP contribution < -0.4 is 5.73 Å². The summed E-state index contributed by atoms with van der Waals surface area (Å²) in [6, 6.07) is 0.538. The van der Waals surface area contributed by atoms with E-state index >= 15 is 0 Å². The highest BCUT2D eigenvalue weighted by Gasteiger charge is 2.25. The molecule has 0 bridgehead atoms. The summed E-state index contributed by atoms with van der Waals surface area (Å²) < 4.78 is 1.94. The van der Waals surface area contributed by atoms with E-state index in [0.717, 1.165) is 5.56 Å². The van der Waals surface area contributed by atoms with E-state index in [1.165, 1.54) is 12.8 Å². The van der Waals surface area contributed by atoms with Crippen LogP contribution in [-0.4, -0.2) is 15.6 Å². The lowest BCUT2D eigenvalue weighted by atomic mass is 9.95. The first-order valence-electron chi connectivity index (χ1n) is 6.05. The van der Waals surface area contributed by atoms with Gasteiger partial charge in [0.2, 0.25) is 0 Å². The van der Waals surface area contributed by atoms with Gasteiger partial charge in [-0.15, -0.1) is 0 Å². The van der Waals surface area contributed by atoms with Crippen LogP contribution in [0.1, 0.15) is 45.2 Å². The first kappa shape index (κ1) is 11.9. The first-order chi connectivity index (χ1) is 8.00. The molecular formula is C13H19N3O. The van der Waals surface area contributed by atoms with Gasteiger partial charge in [-0.05, 0) is 25.7 Å². The van der Waals surface area contributed by atoms with Crippen molar-refractivity contribution in [2.75, 3.05) is 0 Å². The molecule has 1 aliphatic carbocycles. The van der Waals surface area contributed by atoms with E-state index in [-0.39, 0.29) is 11.7 Å². The Balaban J connectivity index is 2.35. The van der Waals surface area contributed by atoms with Gasteiger partial charge in [0.1, 0.15) is 0 Å². The Morgan fingerprint density at radius 2 is 2.18 bits per heavy atom. The molecule has 1 aromatic heterocycles.